The number of alkyl halides is 3. The molecule has 3 nitrogen and oxygen atoms in total. The molecule has 28 heavy (non-hydrogen) atoms. The average Bonchev–Trinajstić information content (AvgIpc) is 2.86. The highest BCUT2D eigenvalue weighted by Gasteiger charge is 2.51. The Labute approximate surface area is 166 Å². The third-order valence-corrected chi connectivity index (χ3v) is 5.41. The van der Waals surface area contributed by atoms with Crippen molar-refractivity contribution in [3.8, 4) is 0 Å². The van der Waals surface area contributed by atoms with Crippen LogP contribution in [0.4, 0.5) is 13.2 Å². The summed E-state index contributed by atoms with van der Waals surface area (Å²) in [6.45, 7) is 5.53. The van der Waals surface area contributed by atoms with Gasteiger partial charge in [0.15, 0.2) is 0 Å². The van der Waals surface area contributed by atoms with Crippen LogP contribution < -0.4 is 5.43 Å². The number of nitrogens with zero attached hydrogens (tertiary/aromatic N) is 1. The second kappa shape index (κ2) is 9.77. The van der Waals surface area contributed by atoms with Crippen LogP contribution in [0.25, 0.3) is 0 Å². The van der Waals surface area contributed by atoms with E-state index in [1.54, 1.807) is 38.1 Å². The third-order valence-electron chi connectivity index (χ3n) is 5.41. The number of benzene rings is 1. The molecule has 158 valence electrons. The van der Waals surface area contributed by atoms with Crippen LogP contribution in [-0.4, -0.2) is 23.6 Å². The van der Waals surface area contributed by atoms with E-state index in [1.807, 2.05) is 0 Å². The third kappa shape index (κ3) is 6.23. The van der Waals surface area contributed by atoms with Gasteiger partial charge in [-0.3, -0.25) is 10.2 Å². The van der Waals surface area contributed by atoms with E-state index >= 15 is 0 Å². The topological polar surface area (TPSA) is 32.3 Å². The first kappa shape index (κ1) is 22.7. The SMILES string of the molecule is CCCCCCCCCc1ccc([C@H](N2CC(C)(C)C(=O)N2)C(F)(F)F)cc1. The minimum atomic E-state index is -4.46. The number of amides is 1. The molecule has 0 aliphatic carbocycles. The van der Waals surface area contributed by atoms with Crippen LogP contribution in [0.1, 0.15) is 82.9 Å². The zero-order chi connectivity index (χ0) is 20.8. The molecule has 6 heteroatoms. The molecule has 1 saturated heterocycles. The van der Waals surface area contributed by atoms with E-state index in [0.717, 1.165) is 29.8 Å². The highest BCUT2D eigenvalue weighted by Crippen LogP contribution is 2.40. The Morgan fingerprint density at radius 1 is 1.04 bits per heavy atom. The van der Waals surface area contributed by atoms with Gasteiger partial charge in [0, 0.05) is 6.54 Å². The molecule has 1 heterocycles. The highest BCUT2D eigenvalue weighted by molar-refractivity contribution is 5.83. The molecule has 0 bridgehead atoms. The highest BCUT2D eigenvalue weighted by atomic mass is 19.4. The zero-order valence-electron chi connectivity index (χ0n) is 17.2. The second-order valence-corrected chi connectivity index (χ2v) is 8.51. The maximum Gasteiger partial charge on any atom is 0.409 e. The van der Waals surface area contributed by atoms with Crippen LogP contribution >= 0.6 is 0 Å². The van der Waals surface area contributed by atoms with Gasteiger partial charge in [0.25, 0.3) is 0 Å². The molecule has 0 spiro atoms. The summed E-state index contributed by atoms with van der Waals surface area (Å²) >= 11 is 0. The van der Waals surface area contributed by atoms with Crippen LogP contribution in [-0.2, 0) is 11.2 Å². The Balaban J connectivity index is 1.94. The van der Waals surface area contributed by atoms with Gasteiger partial charge < -0.3 is 0 Å². The van der Waals surface area contributed by atoms with Crippen molar-refractivity contribution in [3.05, 3.63) is 35.4 Å². The number of aryl methyl sites for hydroxylation is 1. The summed E-state index contributed by atoms with van der Waals surface area (Å²) in [4.78, 5) is 11.9. The van der Waals surface area contributed by atoms with Gasteiger partial charge in [-0.25, -0.2) is 5.01 Å². The van der Waals surface area contributed by atoms with Crippen LogP contribution in [0.5, 0.6) is 0 Å². The number of nitrogens with one attached hydrogen (secondary N) is 1. The van der Waals surface area contributed by atoms with E-state index in [1.165, 1.54) is 32.1 Å². The lowest BCUT2D eigenvalue weighted by molar-refractivity contribution is -0.191. The first-order valence-corrected chi connectivity index (χ1v) is 10.4. The Morgan fingerprint density at radius 3 is 2.11 bits per heavy atom. The summed E-state index contributed by atoms with van der Waals surface area (Å²) in [6, 6.07) is 4.84. The maximum absolute atomic E-state index is 13.7. The smallest absolute Gasteiger partial charge is 0.287 e. The van der Waals surface area contributed by atoms with Gasteiger partial charge in [-0.1, -0.05) is 69.7 Å². The standard InChI is InChI=1S/C22H33F3N2O/c1-4-5-6-7-8-9-10-11-17-12-14-18(15-13-17)19(22(23,24)25)27-16-21(2,3)20(28)26-27/h12-15,19H,4-11,16H2,1-3H3,(H,26,28)/t19-/m0/s1. The number of rotatable bonds is 10. The normalized spacial score (nSPS) is 18.3. The van der Waals surface area contributed by atoms with Crippen molar-refractivity contribution in [2.75, 3.05) is 6.54 Å². The minimum absolute atomic E-state index is 0.0236. The second-order valence-electron chi connectivity index (χ2n) is 8.51. The number of hydrogen-bond donors (Lipinski definition) is 1. The molecule has 1 aromatic carbocycles. The fraction of sp³-hybridized carbons (Fsp3) is 0.682. The molecule has 1 amide bonds. The summed E-state index contributed by atoms with van der Waals surface area (Å²) in [6.07, 6.45) is 4.94. The van der Waals surface area contributed by atoms with Gasteiger partial charge in [-0.15, -0.1) is 0 Å². The summed E-state index contributed by atoms with van der Waals surface area (Å²) in [5.41, 5.74) is 2.79. The van der Waals surface area contributed by atoms with E-state index in [4.69, 9.17) is 0 Å². The van der Waals surface area contributed by atoms with Crippen molar-refractivity contribution in [1.29, 1.82) is 0 Å². The van der Waals surface area contributed by atoms with Crippen LogP contribution in [0.15, 0.2) is 24.3 Å². The van der Waals surface area contributed by atoms with Crippen LogP contribution in [0.2, 0.25) is 0 Å². The van der Waals surface area contributed by atoms with E-state index in [-0.39, 0.29) is 18.0 Å². The molecule has 1 aromatic rings. The number of hydrogen-bond acceptors (Lipinski definition) is 2. The Bertz CT molecular complexity index is 626. The lowest BCUT2D eigenvalue weighted by Crippen LogP contribution is -2.43. The number of unbranched alkanes of at least 4 members (excludes halogenated alkanes) is 6. The van der Waals surface area contributed by atoms with E-state index in [0.29, 0.717) is 0 Å². The number of carbonyl (C=O) groups excluding carboxylic acids is 1. The lowest BCUT2D eigenvalue weighted by Gasteiger charge is -2.30. The molecule has 1 aliphatic rings. The number of hydrazine groups is 1. The largest absolute Gasteiger partial charge is 0.409 e. The monoisotopic (exact) mass is 398 g/mol. The molecular weight excluding hydrogens is 365 g/mol. The molecule has 0 saturated carbocycles. The van der Waals surface area contributed by atoms with Crippen molar-refractivity contribution in [3.63, 3.8) is 0 Å². The van der Waals surface area contributed by atoms with Gasteiger partial charge >= 0.3 is 6.18 Å². The maximum atomic E-state index is 13.7. The van der Waals surface area contributed by atoms with Gasteiger partial charge in [-0.2, -0.15) is 13.2 Å². The molecule has 1 fully saturated rings. The molecule has 1 aliphatic heterocycles. The number of halogens is 3. The molecule has 1 atom stereocenters. The first-order valence-electron chi connectivity index (χ1n) is 10.4. The van der Waals surface area contributed by atoms with Crippen LogP contribution in [0, 0.1) is 5.41 Å². The Kier molecular flexibility index (Phi) is 7.93. The molecule has 1 N–H and O–H groups in total. The van der Waals surface area contributed by atoms with Gasteiger partial charge in [-0.05, 0) is 37.8 Å². The van der Waals surface area contributed by atoms with Gasteiger partial charge in [0.2, 0.25) is 5.91 Å². The van der Waals surface area contributed by atoms with Crippen molar-refractivity contribution in [2.24, 2.45) is 5.41 Å². The number of carbonyl (C=O) groups is 1. The molecular formula is C22H33F3N2O. The predicted octanol–water partition coefficient (Wildman–Crippen LogP) is 5.96. The van der Waals surface area contributed by atoms with E-state index in [9.17, 15) is 18.0 Å². The zero-order valence-corrected chi connectivity index (χ0v) is 17.2. The van der Waals surface area contributed by atoms with Crippen molar-refractivity contribution < 1.29 is 18.0 Å². The fourth-order valence-corrected chi connectivity index (χ4v) is 3.67. The summed E-state index contributed by atoms with van der Waals surface area (Å²) < 4.78 is 41.2. The summed E-state index contributed by atoms with van der Waals surface area (Å²) in [5.74, 6) is -0.377. The van der Waals surface area contributed by atoms with E-state index in [2.05, 4.69) is 12.3 Å². The van der Waals surface area contributed by atoms with Crippen molar-refractivity contribution in [2.45, 2.75) is 84.4 Å². The molecule has 0 aromatic heterocycles. The van der Waals surface area contributed by atoms with Crippen LogP contribution in [0.3, 0.4) is 0 Å². The lowest BCUT2D eigenvalue weighted by atomic mass is 9.93. The fourth-order valence-electron chi connectivity index (χ4n) is 3.67. The molecule has 0 unspecified atom stereocenters. The summed E-state index contributed by atoms with van der Waals surface area (Å²) in [5, 5.41) is 1.02. The van der Waals surface area contributed by atoms with Gasteiger partial charge in [0.05, 0.1) is 5.41 Å². The predicted molar refractivity (Wildman–Crippen MR) is 106 cm³/mol. The van der Waals surface area contributed by atoms with Gasteiger partial charge in [0.1, 0.15) is 6.04 Å². The summed E-state index contributed by atoms with van der Waals surface area (Å²) in [7, 11) is 0. The molecule has 2 rings (SSSR count). The Morgan fingerprint density at radius 2 is 1.61 bits per heavy atom. The minimum Gasteiger partial charge on any atom is -0.287 e. The quantitative estimate of drug-likeness (QED) is 0.494. The first-order chi connectivity index (χ1) is 13.1. The molecule has 0 radical (unpaired) electrons. The Hall–Kier alpha value is -1.56. The average molecular weight is 399 g/mol. The van der Waals surface area contributed by atoms with E-state index < -0.39 is 17.6 Å². The van der Waals surface area contributed by atoms with Crippen molar-refractivity contribution in [1.82, 2.24) is 10.4 Å². The van der Waals surface area contributed by atoms with Crippen molar-refractivity contribution >= 4 is 5.91 Å².